The van der Waals surface area contributed by atoms with Gasteiger partial charge in [-0.2, -0.15) is 0 Å². The Bertz CT molecular complexity index is 1530. The Labute approximate surface area is 418 Å². The van der Waals surface area contributed by atoms with Crippen LogP contribution < -0.4 is 0 Å². The number of esters is 2. The molecule has 7 unspecified atom stereocenters. The quantitative estimate of drug-likeness (QED) is 0.0175. The van der Waals surface area contributed by atoms with Gasteiger partial charge in [0.1, 0.15) is 18.3 Å². The van der Waals surface area contributed by atoms with Crippen LogP contribution in [-0.4, -0.2) is 201 Å². The molecule has 2 radical (unpaired) electrons. The van der Waals surface area contributed by atoms with E-state index in [0.717, 1.165) is 26.2 Å². The Morgan fingerprint density at radius 3 is 1.54 bits per heavy atom. The molecule has 3 rings (SSSR count). The molecule has 21 nitrogen and oxygen atoms in total. The first-order valence-corrected chi connectivity index (χ1v) is 26.5. The van der Waals surface area contributed by atoms with E-state index in [2.05, 4.69) is 18.2 Å². The summed E-state index contributed by atoms with van der Waals surface area (Å²) in [6.07, 6.45) is 5.88. The molecule has 0 spiro atoms. The van der Waals surface area contributed by atoms with E-state index in [1.165, 1.54) is 0 Å². The number of allylic oxidation sites excluding steroid dienone is 2. The van der Waals surface area contributed by atoms with Crippen molar-refractivity contribution in [2.24, 2.45) is 0 Å². The number of aliphatic hydroxyl groups is 2. The van der Waals surface area contributed by atoms with E-state index in [1.54, 1.807) is 19.1 Å². The normalized spacial score (nSPS) is 18.6. The average molecular weight is 1190 g/mol. The van der Waals surface area contributed by atoms with E-state index in [0.29, 0.717) is 84.0 Å². The monoisotopic (exact) mass is 1190 g/mol. The van der Waals surface area contributed by atoms with Crippen LogP contribution in [0, 0.1) is 0 Å². The van der Waals surface area contributed by atoms with Gasteiger partial charge in [0, 0.05) is 45.5 Å². The molecule has 0 aromatic heterocycles. The molecule has 0 bridgehead atoms. The van der Waals surface area contributed by atoms with Gasteiger partial charge in [0.2, 0.25) is 0 Å². The molecule has 3 aliphatic rings. The van der Waals surface area contributed by atoms with Crippen LogP contribution in [0.1, 0.15) is 80.6 Å². The predicted molar refractivity (Wildman–Crippen MR) is 237 cm³/mol. The maximum absolute atomic E-state index is 11.6. The zero-order valence-electron chi connectivity index (χ0n) is 39.3. The van der Waals surface area contributed by atoms with Crippen LogP contribution in [0.25, 0.3) is 0 Å². The van der Waals surface area contributed by atoms with Crippen molar-refractivity contribution in [3.05, 3.63) is 25.3 Å². The van der Waals surface area contributed by atoms with Crippen LogP contribution in [0.5, 0.6) is 0 Å². The molecule has 0 saturated carbocycles. The van der Waals surface area contributed by atoms with Crippen LogP contribution in [-0.2, 0) is 87.0 Å². The molecular formula is C40H72F6O21S2Sn. The Balaban J connectivity index is -0.000000893. The summed E-state index contributed by atoms with van der Waals surface area (Å²) in [6.45, 7) is 22.8. The van der Waals surface area contributed by atoms with Crippen molar-refractivity contribution in [1.82, 2.24) is 0 Å². The van der Waals surface area contributed by atoms with E-state index in [1.807, 2.05) is 27.7 Å². The summed E-state index contributed by atoms with van der Waals surface area (Å²) >= 11 is -3.86. The van der Waals surface area contributed by atoms with E-state index >= 15 is 0 Å². The molecule has 7 atom stereocenters. The Morgan fingerprint density at radius 2 is 1.13 bits per heavy atom. The second-order valence-electron chi connectivity index (χ2n) is 13.8. The van der Waals surface area contributed by atoms with E-state index in [9.17, 15) is 57.9 Å². The molecule has 0 aromatic carbocycles. The van der Waals surface area contributed by atoms with Gasteiger partial charge in [-0.25, -0.2) is 0 Å². The van der Waals surface area contributed by atoms with Gasteiger partial charge in [-0.05, 0) is 47.5 Å². The summed E-state index contributed by atoms with van der Waals surface area (Å²) in [5.41, 5.74) is -11.7. The van der Waals surface area contributed by atoms with Crippen molar-refractivity contribution >= 4 is 54.1 Å². The maximum atomic E-state index is 11.6. The van der Waals surface area contributed by atoms with Gasteiger partial charge < -0.3 is 62.3 Å². The number of alkyl halides is 6. The minimum absolute atomic E-state index is 0. The topological polar surface area (TPSA) is 273 Å². The van der Waals surface area contributed by atoms with Crippen LogP contribution >= 0.6 is 0 Å². The van der Waals surface area contributed by atoms with Crippen LogP contribution in [0.2, 0.25) is 0 Å². The molecule has 3 fully saturated rings. The number of halogens is 6. The van der Waals surface area contributed by atoms with Gasteiger partial charge in [-0.3, -0.25) is 9.59 Å². The first kappa shape index (κ1) is 72.4. The first-order chi connectivity index (χ1) is 32.3. The van der Waals surface area contributed by atoms with Crippen LogP contribution in [0.3, 0.4) is 0 Å². The summed E-state index contributed by atoms with van der Waals surface area (Å²) in [6, 6.07) is 0. The first-order valence-electron chi connectivity index (χ1n) is 21.4. The third-order valence-corrected chi connectivity index (χ3v) is 14.2. The third-order valence-electron chi connectivity index (χ3n) is 7.55. The Morgan fingerprint density at radius 1 is 0.700 bits per heavy atom. The van der Waals surface area contributed by atoms with Crippen molar-refractivity contribution < 1.29 is 120 Å². The number of hydrogen-bond donors (Lipinski definition) is 2. The Hall–Kier alpha value is -1.82. The molecule has 416 valence electrons. The summed E-state index contributed by atoms with van der Waals surface area (Å²) < 4.78 is 174. The number of carbonyl (C=O) groups is 2. The molecule has 0 amide bonds. The van der Waals surface area contributed by atoms with Gasteiger partial charge >= 0.3 is 113 Å². The molecule has 3 aliphatic heterocycles. The van der Waals surface area contributed by atoms with Crippen molar-refractivity contribution in [2.45, 2.75) is 135 Å². The number of hydrogen-bond acceptors (Lipinski definition) is 21. The van der Waals surface area contributed by atoms with Crippen molar-refractivity contribution in [3.63, 3.8) is 0 Å². The molecule has 3 saturated heterocycles. The van der Waals surface area contributed by atoms with Crippen LogP contribution in [0.15, 0.2) is 25.3 Å². The molecular weight excluding hydrogens is 1110 g/mol. The molecule has 30 heteroatoms. The van der Waals surface area contributed by atoms with Gasteiger partial charge in [0.15, 0.2) is 12.6 Å². The minimum atomic E-state index is -6.15. The number of aliphatic hydroxyl groups excluding tert-OH is 2. The molecule has 0 aliphatic carbocycles. The zero-order valence-corrected chi connectivity index (χ0v) is 43.8. The SMILES string of the molecule is C.C=CCCC(=O)OCCC(O)COC(COCC1CO1)COC(C)OCC.C=CCCC(=O)OCCC1CO1.CCO.CCOC(C)OCC1CO1.O=S(=O)([O][Sn][O]S(=O)(=O)C(F)(F)F)C(F)(F)F. The number of carbonyl (C=O) groups excluding carboxylic acids is 2. The van der Waals surface area contributed by atoms with Crippen molar-refractivity contribution in [3.8, 4) is 0 Å². The van der Waals surface area contributed by atoms with E-state index in [-0.39, 0.29) is 70.6 Å². The summed E-state index contributed by atoms with van der Waals surface area (Å²) in [4.78, 5) is 22.3. The van der Waals surface area contributed by atoms with Gasteiger partial charge in [0.05, 0.1) is 78.3 Å². The molecule has 3 heterocycles. The van der Waals surface area contributed by atoms with Crippen molar-refractivity contribution in [1.29, 1.82) is 0 Å². The van der Waals surface area contributed by atoms with E-state index in [4.69, 9.17) is 57.2 Å². The standard InChI is InChI=1S/C19H34O8.C9H14O3.C7H14O3.C2H6O.2CHF3O3S.CH4.Sn/c1-4-6-7-19(21)24-9-8-16(20)10-26-17(11-22-12-18-14-27-18)13-25-15(3)23-5-2;1-2-3-4-9(10)11-6-5-8-7-12-8;1-3-8-6(2)9-4-7-5-10-7;1-2-3;2*2-1(3,4)8(5,6)7;;/h4,15-18,20H,1,5-14H2,2-3H3;2,8H,1,3-7H2;6-7H,3-5H2,1-2H3;3H,2H2,1H3;2*(H,5,6,7);1H4;/q;;;;;;;+2/p-2. The molecule has 70 heavy (non-hydrogen) atoms. The summed E-state index contributed by atoms with van der Waals surface area (Å²) in [5.74, 6) is -0.439. The third kappa shape index (κ3) is 43.7. The second kappa shape index (κ2) is 41.5. The average Bonchev–Trinajstić information content (AvgIpc) is 4.10. The fraction of sp³-hybridized carbons (Fsp3) is 0.850. The fourth-order valence-corrected chi connectivity index (χ4v) is 8.16. The number of rotatable bonds is 33. The van der Waals surface area contributed by atoms with Crippen molar-refractivity contribution in [2.75, 3.05) is 85.9 Å². The van der Waals surface area contributed by atoms with Gasteiger partial charge in [0.25, 0.3) is 0 Å². The number of epoxide rings is 3. The fourth-order valence-electron chi connectivity index (χ4n) is 3.82. The molecule has 0 aromatic rings. The van der Waals surface area contributed by atoms with Gasteiger partial charge in [-0.1, -0.05) is 19.6 Å². The predicted octanol–water partition coefficient (Wildman–Crippen LogP) is 4.40. The van der Waals surface area contributed by atoms with E-state index < -0.39 is 59.3 Å². The zero-order chi connectivity index (χ0) is 52.9. The Kier molecular flexibility index (Phi) is 43.0. The second-order valence-corrected chi connectivity index (χ2v) is 20.2. The van der Waals surface area contributed by atoms with Crippen LogP contribution in [0.4, 0.5) is 26.3 Å². The van der Waals surface area contributed by atoms with Gasteiger partial charge in [-0.15, -0.1) is 13.2 Å². The summed E-state index contributed by atoms with van der Waals surface area (Å²) in [7, 11) is -12.3. The summed E-state index contributed by atoms with van der Waals surface area (Å²) in [5, 5.41) is 17.6. The molecule has 2 N–H and O–H groups in total. The number of ether oxygens (including phenoxy) is 11.